The first-order valence-electron chi connectivity index (χ1n) is 6.65. The molecule has 0 aliphatic carbocycles. The average molecular weight is 379 g/mol. The number of hydrogen-bond acceptors (Lipinski definition) is 6. The van der Waals surface area contributed by atoms with Crippen molar-refractivity contribution in [1.82, 2.24) is 25.0 Å². The van der Waals surface area contributed by atoms with Gasteiger partial charge in [-0.1, -0.05) is 0 Å². The van der Waals surface area contributed by atoms with Crippen molar-refractivity contribution in [3.63, 3.8) is 0 Å². The zero-order valence-electron chi connectivity index (χ0n) is 12.0. The van der Waals surface area contributed by atoms with Crippen LogP contribution in [0.25, 0.3) is 5.69 Å². The van der Waals surface area contributed by atoms with Gasteiger partial charge in [0.25, 0.3) is 5.88 Å². The van der Waals surface area contributed by atoms with Crippen LogP contribution in [0.3, 0.4) is 0 Å². The molecule has 0 saturated heterocycles. The molecule has 118 valence electrons. The number of nitrogens with zero attached hydrogens (tertiary/aromatic N) is 5. The van der Waals surface area contributed by atoms with Gasteiger partial charge >= 0.3 is 0 Å². The lowest BCUT2D eigenvalue weighted by Crippen LogP contribution is -2.12. The normalized spacial score (nSPS) is 12.1. The van der Waals surface area contributed by atoms with Crippen LogP contribution < -0.4 is 10.5 Å². The third kappa shape index (κ3) is 3.29. The van der Waals surface area contributed by atoms with Crippen molar-refractivity contribution >= 4 is 21.7 Å². The summed E-state index contributed by atoms with van der Waals surface area (Å²) in [5, 5.41) is 8.13. The molecule has 0 amide bonds. The van der Waals surface area contributed by atoms with Gasteiger partial charge in [-0.05, 0) is 41.1 Å². The summed E-state index contributed by atoms with van der Waals surface area (Å²) >= 11 is 3.21. The molecule has 9 heteroatoms. The first-order valence-corrected chi connectivity index (χ1v) is 7.44. The van der Waals surface area contributed by atoms with Gasteiger partial charge in [-0.25, -0.2) is 14.4 Å². The zero-order chi connectivity index (χ0) is 16.4. The van der Waals surface area contributed by atoms with Gasteiger partial charge < -0.3 is 10.5 Å². The van der Waals surface area contributed by atoms with Gasteiger partial charge in [-0.2, -0.15) is 15.0 Å². The Morgan fingerprint density at radius 2 is 2.04 bits per heavy atom. The van der Waals surface area contributed by atoms with Gasteiger partial charge in [0.1, 0.15) is 16.5 Å². The van der Waals surface area contributed by atoms with E-state index in [1.165, 1.54) is 35.5 Å². The molecule has 0 aliphatic rings. The van der Waals surface area contributed by atoms with E-state index in [9.17, 15) is 4.39 Å². The average Bonchev–Trinajstić information content (AvgIpc) is 3.05. The molecule has 0 saturated carbocycles. The predicted octanol–water partition coefficient (Wildman–Crippen LogP) is 2.68. The molecule has 23 heavy (non-hydrogen) atoms. The summed E-state index contributed by atoms with van der Waals surface area (Å²) in [6, 6.07) is 4.29. The van der Waals surface area contributed by atoms with Crippen LogP contribution in [0.4, 0.5) is 10.2 Å². The maximum Gasteiger partial charge on any atom is 0.258 e. The van der Waals surface area contributed by atoms with E-state index in [4.69, 9.17) is 10.5 Å². The topological polar surface area (TPSA) is 91.7 Å². The van der Waals surface area contributed by atoms with E-state index in [1.807, 2.05) is 0 Å². The molecule has 2 aromatic heterocycles. The van der Waals surface area contributed by atoms with Crippen molar-refractivity contribution < 1.29 is 9.13 Å². The van der Waals surface area contributed by atoms with E-state index in [1.54, 1.807) is 13.0 Å². The monoisotopic (exact) mass is 378 g/mol. The minimum atomic E-state index is -0.544. The van der Waals surface area contributed by atoms with Crippen LogP contribution in [0.5, 0.6) is 5.88 Å². The minimum Gasteiger partial charge on any atom is -0.467 e. The Kier molecular flexibility index (Phi) is 4.20. The van der Waals surface area contributed by atoms with Gasteiger partial charge in [-0.15, -0.1) is 0 Å². The second kappa shape index (κ2) is 6.29. The van der Waals surface area contributed by atoms with E-state index in [0.29, 0.717) is 15.9 Å². The SMILES string of the molecule is C[C@@H](Oc1nc(Br)cnc1N)c1cc(F)ccc1-n1nccn1. The summed E-state index contributed by atoms with van der Waals surface area (Å²) in [4.78, 5) is 9.48. The summed E-state index contributed by atoms with van der Waals surface area (Å²) in [7, 11) is 0. The van der Waals surface area contributed by atoms with Crippen LogP contribution in [-0.4, -0.2) is 25.0 Å². The third-order valence-electron chi connectivity index (χ3n) is 3.09. The zero-order valence-corrected chi connectivity index (χ0v) is 13.6. The molecule has 7 nitrogen and oxygen atoms in total. The van der Waals surface area contributed by atoms with Crippen molar-refractivity contribution in [2.24, 2.45) is 0 Å². The van der Waals surface area contributed by atoms with E-state index in [0.717, 1.165) is 0 Å². The number of anilines is 1. The number of rotatable bonds is 4. The van der Waals surface area contributed by atoms with Gasteiger partial charge in [0.15, 0.2) is 5.82 Å². The maximum atomic E-state index is 13.7. The molecular weight excluding hydrogens is 367 g/mol. The number of hydrogen-bond donors (Lipinski definition) is 1. The molecule has 0 radical (unpaired) electrons. The summed E-state index contributed by atoms with van der Waals surface area (Å²) in [6.07, 6.45) is 4.00. The summed E-state index contributed by atoms with van der Waals surface area (Å²) in [5.74, 6) is -0.0783. The number of aromatic nitrogens is 5. The van der Waals surface area contributed by atoms with Crippen LogP contribution in [0.15, 0.2) is 41.4 Å². The maximum absolute atomic E-state index is 13.7. The second-order valence-corrected chi connectivity index (χ2v) is 5.48. The molecule has 2 heterocycles. The van der Waals surface area contributed by atoms with Crippen molar-refractivity contribution in [3.8, 4) is 11.6 Å². The van der Waals surface area contributed by atoms with Gasteiger partial charge in [0, 0.05) is 5.56 Å². The molecular formula is C14H12BrFN6O. The number of benzene rings is 1. The van der Waals surface area contributed by atoms with Crippen LogP contribution >= 0.6 is 15.9 Å². The quantitative estimate of drug-likeness (QED) is 0.750. The largest absolute Gasteiger partial charge is 0.467 e. The van der Waals surface area contributed by atoms with Crippen LogP contribution in [0.2, 0.25) is 0 Å². The Labute approximate surface area is 139 Å². The highest BCUT2D eigenvalue weighted by Crippen LogP contribution is 2.28. The summed E-state index contributed by atoms with van der Waals surface area (Å²) < 4.78 is 19.9. The van der Waals surface area contributed by atoms with Crippen LogP contribution in [0.1, 0.15) is 18.6 Å². The number of nitrogens with two attached hydrogens (primary N) is 1. The summed E-state index contributed by atoms with van der Waals surface area (Å²) in [6.45, 7) is 1.75. The second-order valence-electron chi connectivity index (χ2n) is 4.66. The molecule has 0 fully saturated rings. The Bertz CT molecular complexity index is 826. The number of nitrogen functional groups attached to an aromatic ring is 1. The highest BCUT2D eigenvalue weighted by molar-refractivity contribution is 9.10. The molecule has 3 aromatic rings. The Balaban J connectivity index is 1.97. The van der Waals surface area contributed by atoms with Crippen molar-refractivity contribution in [1.29, 1.82) is 0 Å². The number of ether oxygens (including phenoxy) is 1. The Hall–Kier alpha value is -2.55. The fraction of sp³-hybridized carbons (Fsp3) is 0.143. The first kappa shape index (κ1) is 15.3. The lowest BCUT2D eigenvalue weighted by molar-refractivity contribution is 0.216. The molecule has 1 atom stereocenters. The third-order valence-corrected chi connectivity index (χ3v) is 3.47. The lowest BCUT2D eigenvalue weighted by Gasteiger charge is -2.18. The van der Waals surface area contributed by atoms with Crippen LogP contribution in [-0.2, 0) is 0 Å². The van der Waals surface area contributed by atoms with E-state index >= 15 is 0 Å². The fourth-order valence-electron chi connectivity index (χ4n) is 2.05. The highest BCUT2D eigenvalue weighted by Gasteiger charge is 2.18. The Morgan fingerprint density at radius 1 is 1.30 bits per heavy atom. The van der Waals surface area contributed by atoms with Crippen molar-refractivity contribution in [3.05, 3.63) is 52.8 Å². The predicted molar refractivity (Wildman–Crippen MR) is 84.5 cm³/mol. The van der Waals surface area contributed by atoms with Crippen LogP contribution in [0, 0.1) is 5.82 Å². The van der Waals surface area contributed by atoms with Crippen molar-refractivity contribution in [2.75, 3.05) is 5.73 Å². The number of halogens is 2. The van der Waals surface area contributed by atoms with E-state index in [-0.39, 0.29) is 17.5 Å². The van der Waals surface area contributed by atoms with Gasteiger partial charge in [0.2, 0.25) is 0 Å². The minimum absolute atomic E-state index is 0.148. The van der Waals surface area contributed by atoms with Gasteiger partial charge in [0.05, 0.1) is 24.3 Å². The smallest absolute Gasteiger partial charge is 0.258 e. The van der Waals surface area contributed by atoms with E-state index in [2.05, 4.69) is 36.1 Å². The molecule has 2 N–H and O–H groups in total. The molecule has 0 aliphatic heterocycles. The van der Waals surface area contributed by atoms with Gasteiger partial charge in [-0.3, -0.25) is 0 Å². The van der Waals surface area contributed by atoms with Crippen molar-refractivity contribution in [2.45, 2.75) is 13.0 Å². The molecule has 0 spiro atoms. The standard InChI is InChI=1S/C14H12BrFN6O/c1-8(23-14-13(17)18-7-12(15)21-14)10-6-9(16)2-3-11(10)22-19-4-5-20-22/h2-8H,1H3,(H2,17,18)/t8-/m1/s1. The molecule has 0 bridgehead atoms. The fourth-order valence-corrected chi connectivity index (χ4v) is 2.32. The van der Waals surface area contributed by atoms with E-state index < -0.39 is 6.10 Å². The highest BCUT2D eigenvalue weighted by atomic mass is 79.9. The lowest BCUT2D eigenvalue weighted by atomic mass is 10.1. The molecule has 3 rings (SSSR count). The first-order chi connectivity index (χ1) is 11.0. The summed E-state index contributed by atoms with van der Waals surface area (Å²) in [5.41, 5.74) is 6.91. The molecule has 0 unspecified atom stereocenters. The Morgan fingerprint density at radius 3 is 2.78 bits per heavy atom. The molecule has 1 aromatic carbocycles.